The Morgan fingerprint density at radius 1 is 1.06 bits per heavy atom. The van der Waals surface area contributed by atoms with E-state index < -0.39 is 11.8 Å². The Morgan fingerprint density at radius 3 is 2.28 bits per heavy atom. The van der Waals surface area contributed by atoms with Crippen LogP contribution in [0.3, 0.4) is 0 Å². The van der Waals surface area contributed by atoms with Gasteiger partial charge in [-0.25, -0.2) is 4.57 Å². The molecule has 0 aliphatic carbocycles. The molecule has 0 bridgehead atoms. The van der Waals surface area contributed by atoms with Crippen molar-refractivity contribution in [1.29, 1.82) is 0 Å². The molecule has 2 rings (SSSR count). The van der Waals surface area contributed by atoms with Crippen LogP contribution in [-0.2, 0) is 13.4 Å². The van der Waals surface area contributed by atoms with E-state index in [1.54, 1.807) is 0 Å². The van der Waals surface area contributed by atoms with Gasteiger partial charge >= 0.3 is 0 Å². The summed E-state index contributed by atoms with van der Waals surface area (Å²) in [6.07, 6.45) is 0.535. The Labute approximate surface area is 113 Å². The van der Waals surface area contributed by atoms with E-state index in [1.165, 1.54) is 0 Å². The lowest BCUT2D eigenvalue weighted by molar-refractivity contribution is -0.660. The second-order valence-corrected chi connectivity index (χ2v) is 5.65. The Morgan fingerprint density at radius 2 is 1.72 bits per heavy atom. The van der Waals surface area contributed by atoms with Crippen LogP contribution in [0.4, 0.5) is 0 Å². The number of nitrogens with zero attached hydrogens (tertiary/aromatic N) is 1. The van der Waals surface area contributed by atoms with Crippen molar-refractivity contribution in [1.82, 2.24) is 0 Å². The van der Waals surface area contributed by atoms with Crippen LogP contribution in [0.25, 0.3) is 11.3 Å². The summed E-state index contributed by atoms with van der Waals surface area (Å²) in [6.45, 7) is 5.79. The van der Waals surface area contributed by atoms with Gasteiger partial charge in [0.15, 0.2) is 6.20 Å². The minimum Gasteiger partial charge on any atom is -0.201 e. The molecule has 0 fully saturated rings. The molecule has 2 aromatic rings. The standard InChI is InChI=1S/C17H22N/c1-17(2,3)12-14-10-11-16(18(4)13-14)15-8-6-5-7-9-15/h5-11,13H,12H2,1-4H3/q+1/i12D2. The van der Waals surface area contributed by atoms with Crippen molar-refractivity contribution in [2.24, 2.45) is 12.5 Å². The molecule has 1 heterocycles. The maximum atomic E-state index is 8.34. The Kier molecular flexibility index (Phi) is 2.82. The number of hydrogen-bond acceptors (Lipinski definition) is 0. The molecule has 0 unspecified atom stereocenters. The van der Waals surface area contributed by atoms with Crippen molar-refractivity contribution in [3.8, 4) is 11.3 Å². The first-order valence-corrected chi connectivity index (χ1v) is 6.29. The van der Waals surface area contributed by atoms with E-state index in [2.05, 4.69) is 12.1 Å². The molecule has 0 amide bonds. The maximum Gasteiger partial charge on any atom is 0.212 e. The third-order valence-electron chi connectivity index (χ3n) is 2.72. The number of aromatic nitrogens is 1. The van der Waals surface area contributed by atoms with Crippen molar-refractivity contribution in [3.05, 3.63) is 54.2 Å². The van der Waals surface area contributed by atoms with E-state index in [0.717, 1.165) is 11.3 Å². The first-order chi connectivity index (χ1) is 9.23. The summed E-state index contributed by atoms with van der Waals surface area (Å²) in [5, 5.41) is 0. The quantitative estimate of drug-likeness (QED) is 0.706. The average Bonchev–Trinajstić information content (AvgIpc) is 2.38. The topological polar surface area (TPSA) is 3.88 Å². The molecule has 94 valence electrons. The van der Waals surface area contributed by atoms with Gasteiger partial charge < -0.3 is 0 Å². The largest absolute Gasteiger partial charge is 0.212 e. The van der Waals surface area contributed by atoms with Gasteiger partial charge in [-0.1, -0.05) is 39.0 Å². The van der Waals surface area contributed by atoms with Crippen LogP contribution in [0.15, 0.2) is 48.7 Å². The highest BCUT2D eigenvalue weighted by Crippen LogP contribution is 2.21. The maximum absolute atomic E-state index is 8.34. The lowest BCUT2D eigenvalue weighted by Gasteiger charge is -2.17. The van der Waals surface area contributed by atoms with Gasteiger partial charge in [-0.2, -0.15) is 0 Å². The minimum absolute atomic E-state index is 0.436. The normalized spacial score (nSPS) is 14.0. The molecular weight excluding hydrogens is 218 g/mol. The predicted molar refractivity (Wildman–Crippen MR) is 76.2 cm³/mol. The van der Waals surface area contributed by atoms with E-state index in [4.69, 9.17) is 2.74 Å². The molecule has 0 saturated carbocycles. The fourth-order valence-corrected chi connectivity index (χ4v) is 2.02. The van der Waals surface area contributed by atoms with E-state index in [-0.39, 0.29) is 0 Å². The fraction of sp³-hybridized carbons (Fsp3) is 0.353. The van der Waals surface area contributed by atoms with Crippen LogP contribution < -0.4 is 4.57 Å². The van der Waals surface area contributed by atoms with E-state index in [0.29, 0.717) is 5.56 Å². The molecule has 18 heavy (non-hydrogen) atoms. The summed E-state index contributed by atoms with van der Waals surface area (Å²) in [4.78, 5) is 0. The van der Waals surface area contributed by atoms with Crippen LogP contribution >= 0.6 is 0 Å². The second-order valence-electron chi connectivity index (χ2n) is 5.65. The van der Waals surface area contributed by atoms with E-state index in [9.17, 15) is 0 Å². The van der Waals surface area contributed by atoms with Gasteiger partial charge in [0.25, 0.3) is 0 Å². The molecule has 0 aliphatic heterocycles. The number of aryl methyl sites for hydroxylation is 1. The van der Waals surface area contributed by atoms with Crippen LogP contribution in [0.2, 0.25) is 0 Å². The van der Waals surface area contributed by atoms with Gasteiger partial charge in [-0.15, -0.1) is 0 Å². The SMILES string of the molecule is [2H]C([2H])(c1ccc(-c2ccccc2)[n+](C)c1)C(C)(C)C. The van der Waals surface area contributed by atoms with Crippen LogP contribution in [-0.4, -0.2) is 0 Å². The number of benzene rings is 1. The van der Waals surface area contributed by atoms with Gasteiger partial charge in [-0.3, -0.25) is 0 Å². The van der Waals surface area contributed by atoms with Crippen LogP contribution in [0, 0.1) is 5.41 Å². The molecule has 1 aromatic carbocycles. The Balaban J connectivity index is 2.46. The van der Waals surface area contributed by atoms with E-state index in [1.807, 2.05) is 68.9 Å². The smallest absolute Gasteiger partial charge is 0.201 e. The molecule has 1 heteroatoms. The number of hydrogen-bond donors (Lipinski definition) is 0. The molecule has 0 aliphatic rings. The van der Waals surface area contributed by atoms with Crippen molar-refractivity contribution in [2.75, 3.05) is 0 Å². The van der Waals surface area contributed by atoms with Gasteiger partial charge in [-0.05, 0) is 30.0 Å². The second kappa shape index (κ2) is 4.93. The molecule has 0 atom stereocenters. The van der Waals surface area contributed by atoms with Crippen molar-refractivity contribution < 1.29 is 7.31 Å². The highest BCUT2D eigenvalue weighted by Gasteiger charge is 2.15. The van der Waals surface area contributed by atoms with Crippen molar-refractivity contribution in [2.45, 2.75) is 27.1 Å². The molecule has 0 spiro atoms. The molecular formula is C17H22N+. The summed E-state index contributed by atoms with van der Waals surface area (Å²) in [5.74, 6) is 0. The number of pyridine rings is 1. The van der Waals surface area contributed by atoms with Gasteiger partial charge in [0.05, 0.1) is 0 Å². The van der Waals surface area contributed by atoms with Crippen LogP contribution in [0.5, 0.6) is 0 Å². The van der Waals surface area contributed by atoms with Gasteiger partial charge in [0.1, 0.15) is 7.05 Å². The van der Waals surface area contributed by atoms with Crippen molar-refractivity contribution in [3.63, 3.8) is 0 Å². The zero-order valence-corrected chi connectivity index (χ0v) is 11.6. The molecule has 1 nitrogen and oxygen atoms in total. The zero-order chi connectivity index (χ0) is 15.0. The third-order valence-corrected chi connectivity index (χ3v) is 2.72. The summed E-state index contributed by atoms with van der Waals surface area (Å²) >= 11 is 0. The molecule has 0 saturated heterocycles. The molecule has 1 aromatic heterocycles. The third kappa shape index (κ3) is 3.19. The van der Waals surface area contributed by atoms with Crippen LogP contribution in [0.1, 0.15) is 29.1 Å². The first-order valence-electron chi connectivity index (χ1n) is 7.29. The Hall–Kier alpha value is -1.63. The number of rotatable bonds is 2. The summed E-state index contributed by atoms with van der Waals surface area (Å²) in [7, 11) is 1.96. The predicted octanol–water partition coefficient (Wildman–Crippen LogP) is 3.77. The van der Waals surface area contributed by atoms with Gasteiger partial charge in [0.2, 0.25) is 5.69 Å². The fourth-order valence-electron chi connectivity index (χ4n) is 2.02. The summed E-state index contributed by atoms with van der Waals surface area (Å²) in [6, 6.07) is 14.0. The zero-order valence-electron chi connectivity index (χ0n) is 13.6. The lowest BCUT2D eigenvalue weighted by Crippen LogP contribution is -2.31. The molecule has 0 N–H and O–H groups in total. The lowest BCUT2D eigenvalue weighted by atomic mass is 9.88. The minimum atomic E-state index is -1.36. The van der Waals surface area contributed by atoms with Crippen molar-refractivity contribution >= 4 is 0 Å². The van der Waals surface area contributed by atoms with Gasteiger partial charge in [0, 0.05) is 19.9 Å². The molecule has 0 radical (unpaired) electrons. The first kappa shape index (κ1) is 10.3. The summed E-state index contributed by atoms with van der Waals surface area (Å²) in [5.41, 5.74) is 2.50. The highest BCUT2D eigenvalue weighted by molar-refractivity contribution is 5.55. The summed E-state index contributed by atoms with van der Waals surface area (Å²) < 4.78 is 18.7. The Bertz CT molecular complexity index is 598. The average molecular weight is 242 g/mol. The van der Waals surface area contributed by atoms with E-state index >= 15 is 0 Å². The highest BCUT2D eigenvalue weighted by atomic mass is 14.9. The monoisotopic (exact) mass is 242 g/mol.